The number of aliphatic carboxylic acids is 1. The lowest BCUT2D eigenvalue weighted by atomic mass is 10.1. The van der Waals surface area contributed by atoms with Crippen LogP contribution in [0.2, 0.25) is 0 Å². The first kappa shape index (κ1) is 15.4. The molecule has 0 amide bonds. The van der Waals surface area contributed by atoms with Gasteiger partial charge in [0.25, 0.3) is 0 Å². The second kappa shape index (κ2) is 6.70. The molecule has 1 fully saturated rings. The maximum atomic E-state index is 10.8. The van der Waals surface area contributed by atoms with Gasteiger partial charge >= 0.3 is 5.97 Å². The minimum absolute atomic E-state index is 0.0640. The smallest absolute Gasteiger partial charge is 0.307 e. The lowest BCUT2D eigenvalue weighted by Crippen LogP contribution is -2.39. The first-order valence-electron chi connectivity index (χ1n) is 7.53. The number of anilines is 1. The van der Waals surface area contributed by atoms with Crippen LogP contribution in [0.15, 0.2) is 30.9 Å². The Kier molecular flexibility index (Phi) is 4.47. The van der Waals surface area contributed by atoms with Crippen molar-refractivity contribution in [3.63, 3.8) is 0 Å². The highest BCUT2D eigenvalue weighted by Crippen LogP contribution is 2.21. The number of hydrogen-bond acceptors (Lipinski definition) is 6. The van der Waals surface area contributed by atoms with Crippen molar-refractivity contribution in [1.82, 2.24) is 15.0 Å². The van der Waals surface area contributed by atoms with Crippen LogP contribution >= 0.6 is 0 Å². The average molecular weight is 314 g/mol. The van der Waals surface area contributed by atoms with Crippen LogP contribution in [0.4, 0.5) is 5.95 Å². The minimum atomic E-state index is -0.890. The zero-order chi connectivity index (χ0) is 16.2. The monoisotopic (exact) mass is 314 g/mol. The molecule has 3 rings (SSSR count). The number of aliphatic hydroxyl groups excluding tert-OH is 1. The van der Waals surface area contributed by atoms with E-state index < -0.39 is 5.97 Å². The average Bonchev–Trinajstić information content (AvgIpc) is 2.55. The summed E-state index contributed by atoms with van der Waals surface area (Å²) in [4.78, 5) is 25.6. The molecule has 0 aromatic carbocycles. The summed E-state index contributed by atoms with van der Waals surface area (Å²) in [5.74, 6) is -0.290. The zero-order valence-electron chi connectivity index (χ0n) is 12.6. The van der Waals surface area contributed by atoms with Crippen molar-refractivity contribution < 1.29 is 15.0 Å². The Morgan fingerprint density at radius 3 is 2.70 bits per heavy atom. The number of aliphatic hydroxyl groups is 1. The van der Waals surface area contributed by atoms with E-state index in [2.05, 4.69) is 15.0 Å². The number of rotatable bonds is 4. The first-order chi connectivity index (χ1) is 11.1. The topological polar surface area (TPSA) is 99.4 Å². The van der Waals surface area contributed by atoms with Crippen LogP contribution < -0.4 is 4.90 Å². The van der Waals surface area contributed by atoms with Crippen LogP contribution in [0.25, 0.3) is 11.1 Å². The maximum Gasteiger partial charge on any atom is 0.307 e. The number of nitrogens with zero attached hydrogens (tertiary/aromatic N) is 4. The lowest BCUT2D eigenvalue weighted by molar-refractivity contribution is -0.136. The fourth-order valence-electron chi connectivity index (χ4n) is 2.69. The number of carbonyl (C=O) groups is 1. The van der Waals surface area contributed by atoms with Crippen LogP contribution in [0.3, 0.4) is 0 Å². The van der Waals surface area contributed by atoms with E-state index in [9.17, 15) is 9.90 Å². The summed E-state index contributed by atoms with van der Waals surface area (Å²) in [6.45, 7) is 1.39. The van der Waals surface area contributed by atoms with Gasteiger partial charge in [0, 0.05) is 49.0 Å². The molecular weight excluding hydrogens is 296 g/mol. The van der Waals surface area contributed by atoms with E-state index in [1.165, 1.54) is 0 Å². The van der Waals surface area contributed by atoms with E-state index in [0.717, 1.165) is 30.5 Å². The Bertz CT molecular complexity index is 690. The number of carboxylic acids is 1. The SMILES string of the molecule is O=C(O)Cc1cncc(-c2cnc(N3CCCC(O)C3)nc2)c1. The molecule has 2 aromatic rings. The van der Waals surface area contributed by atoms with E-state index in [4.69, 9.17) is 5.11 Å². The molecule has 0 radical (unpaired) electrons. The van der Waals surface area contributed by atoms with Crippen molar-refractivity contribution in [2.45, 2.75) is 25.4 Å². The standard InChI is InChI=1S/C16H18N4O3/c21-14-2-1-3-20(10-14)16-18-8-13(9-19-16)12-4-11(5-15(22)23)6-17-7-12/h4,6-9,14,21H,1-3,5,10H2,(H,22,23). The van der Waals surface area contributed by atoms with Gasteiger partial charge in [-0.3, -0.25) is 9.78 Å². The van der Waals surface area contributed by atoms with Crippen molar-refractivity contribution in [3.8, 4) is 11.1 Å². The molecule has 0 spiro atoms. The molecular formula is C16H18N4O3. The Morgan fingerprint density at radius 2 is 2.00 bits per heavy atom. The van der Waals surface area contributed by atoms with Gasteiger partial charge in [-0.15, -0.1) is 0 Å². The Balaban J connectivity index is 1.78. The highest BCUT2D eigenvalue weighted by molar-refractivity contribution is 5.71. The summed E-state index contributed by atoms with van der Waals surface area (Å²) in [5.41, 5.74) is 2.21. The number of β-amino-alcohol motifs (C(OH)–C–C–N with tert-alkyl or cyclic N) is 1. The molecule has 0 bridgehead atoms. The van der Waals surface area contributed by atoms with Gasteiger partial charge < -0.3 is 15.1 Å². The molecule has 7 heteroatoms. The number of carboxylic acid groups (broad SMARTS) is 1. The fourth-order valence-corrected chi connectivity index (χ4v) is 2.69. The Labute approximate surface area is 133 Å². The van der Waals surface area contributed by atoms with Crippen molar-refractivity contribution in [2.75, 3.05) is 18.0 Å². The van der Waals surface area contributed by atoms with Crippen LogP contribution in [-0.2, 0) is 11.2 Å². The second-order valence-electron chi connectivity index (χ2n) is 5.67. The van der Waals surface area contributed by atoms with Crippen molar-refractivity contribution in [1.29, 1.82) is 0 Å². The molecule has 3 heterocycles. The summed E-state index contributed by atoms with van der Waals surface area (Å²) in [5, 5.41) is 18.6. The van der Waals surface area contributed by atoms with E-state index >= 15 is 0 Å². The first-order valence-corrected chi connectivity index (χ1v) is 7.53. The molecule has 1 aliphatic rings. The van der Waals surface area contributed by atoms with Crippen molar-refractivity contribution in [2.24, 2.45) is 0 Å². The third-order valence-electron chi connectivity index (χ3n) is 3.80. The Morgan fingerprint density at radius 1 is 1.22 bits per heavy atom. The van der Waals surface area contributed by atoms with Gasteiger partial charge in [0.2, 0.25) is 5.95 Å². The summed E-state index contributed by atoms with van der Waals surface area (Å²) in [6.07, 6.45) is 7.95. The fraction of sp³-hybridized carbons (Fsp3) is 0.375. The third-order valence-corrected chi connectivity index (χ3v) is 3.80. The van der Waals surface area contributed by atoms with Crippen LogP contribution in [-0.4, -0.2) is 50.3 Å². The molecule has 7 nitrogen and oxygen atoms in total. The van der Waals surface area contributed by atoms with Gasteiger partial charge in [-0.05, 0) is 24.5 Å². The van der Waals surface area contributed by atoms with E-state index in [1.54, 1.807) is 30.9 Å². The normalized spacial score (nSPS) is 18.0. The van der Waals surface area contributed by atoms with E-state index in [0.29, 0.717) is 18.1 Å². The van der Waals surface area contributed by atoms with Gasteiger partial charge in [-0.2, -0.15) is 0 Å². The largest absolute Gasteiger partial charge is 0.481 e. The summed E-state index contributed by atoms with van der Waals surface area (Å²) in [7, 11) is 0. The Hall–Kier alpha value is -2.54. The predicted molar refractivity (Wildman–Crippen MR) is 84.1 cm³/mol. The van der Waals surface area contributed by atoms with Gasteiger partial charge in [-0.1, -0.05) is 0 Å². The molecule has 1 aliphatic heterocycles. The van der Waals surface area contributed by atoms with Gasteiger partial charge in [0.15, 0.2) is 0 Å². The molecule has 2 N–H and O–H groups in total. The summed E-state index contributed by atoms with van der Waals surface area (Å²) >= 11 is 0. The number of piperidine rings is 1. The highest BCUT2D eigenvalue weighted by Gasteiger charge is 2.19. The maximum absolute atomic E-state index is 10.8. The van der Waals surface area contributed by atoms with Gasteiger partial charge in [0.05, 0.1) is 12.5 Å². The molecule has 0 saturated carbocycles. The van der Waals surface area contributed by atoms with Crippen LogP contribution in [0, 0.1) is 0 Å². The molecule has 0 aliphatic carbocycles. The van der Waals surface area contributed by atoms with Gasteiger partial charge in [-0.25, -0.2) is 9.97 Å². The van der Waals surface area contributed by atoms with Crippen molar-refractivity contribution >= 4 is 11.9 Å². The predicted octanol–water partition coefficient (Wildman–Crippen LogP) is 1.13. The summed E-state index contributed by atoms with van der Waals surface area (Å²) in [6, 6.07) is 1.78. The quantitative estimate of drug-likeness (QED) is 0.872. The number of aromatic nitrogens is 3. The molecule has 1 saturated heterocycles. The van der Waals surface area contributed by atoms with Crippen LogP contribution in [0.1, 0.15) is 18.4 Å². The number of hydrogen-bond donors (Lipinski definition) is 2. The molecule has 2 aromatic heterocycles. The lowest BCUT2D eigenvalue weighted by Gasteiger charge is -2.29. The second-order valence-corrected chi connectivity index (χ2v) is 5.67. The minimum Gasteiger partial charge on any atom is -0.481 e. The highest BCUT2D eigenvalue weighted by atomic mass is 16.4. The molecule has 1 unspecified atom stereocenters. The van der Waals surface area contributed by atoms with E-state index in [-0.39, 0.29) is 12.5 Å². The molecule has 1 atom stereocenters. The third kappa shape index (κ3) is 3.81. The summed E-state index contributed by atoms with van der Waals surface area (Å²) < 4.78 is 0. The zero-order valence-corrected chi connectivity index (χ0v) is 12.6. The van der Waals surface area contributed by atoms with Crippen molar-refractivity contribution in [3.05, 3.63) is 36.4 Å². The van der Waals surface area contributed by atoms with Gasteiger partial charge in [0.1, 0.15) is 0 Å². The molecule has 120 valence electrons. The number of pyridine rings is 1. The molecule has 23 heavy (non-hydrogen) atoms. The van der Waals surface area contributed by atoms with E-state index in [1.807, 2.05) is 4.90 Å². The van der Waals surface area contributed by atoms with Crippen LogP contribution in [0.5, 0.6) is 0 Å².